The lowest BCUT2D eigenvalue weighted by atomic mass is 10.2. The normalized spacial score (nSPS) is 14.0. The van der Waals surface area contributed by atoms with Gasteiger partial charge in [-0.2, -0.15) is 0 Å². The lowest BCUT2D eigenvalue weighted by Crippen LogP contribution is -2.49. The van der Waals surface area contributed by atoms with Crippen LogP contribution in [0.5, 0.6) is 0 Å². The molecule has 0 spiro atoms. The molecule has 1 aliphatic rings. The Labute approximate surface area is 169 Å². The first kappa shape index (κ1) is 18.9. The average Bonchev–Trinajstić information content (AvgIpc) is 2.76. The number of hydrogen-bond acceptors (Lipinski definition) is 5. The zero-order valence-corrected chi connectivity index (χ0v) is 16.2. The highest BCUT2D eigenvalue weighted by molar-refractivity contribution is 5.92. The van der Waals surface area contributed by atoms with Crippen molar-refractivity contribution in [3.8, 4) is 0 Å². The number of piperazine rings is 1. The van der Waals surface area contributed by atoms with Crippen molar-refractivity contribution in [1.29, 1.82) is 0 Å². The maximum absolute atomic E-state index is 13.1. The molecule has 3 aromatic rings. The fourth-order valence-corrected chi connectivity index (χ4v) is 3.35. The van der Waals surface area contributed by atoms with Crippen molar-refractivity contribution in [2.45, 2.75) is 6.92 Å². The minimum absolute atomic E-state index is 0.126. The molecule has 1 aromatic heterocycles. The van der Waals surface area contributed by atoms with Gasteiger partial charge < -0.3 is 15.1 Å². The zero-order valence-electron chi connectivity index (χ0n) is 16.2. The maximum Gasteiger partial charge on any atom is 0.274 e. The van der Waals surface area contributed by atoms with Crippen LogP contribution < -0.4 is 10.2 Å². The van der Waals surface area contributed by atoms with Gasteiger partial charge in [0.2, 0.25) is 0 Å². The predicted octanol–water partition coefficient (Wildman–Crippen LogP) is 3.63. The number of amides is 1. The van der Waals surface area contributed by atoms with E-state index in [0.29, 0.717) is 37.7 Å². The second-order valence-corrected chi connectivity index (χ2v) is 7.00. The Morgan fingerprint density at radius 3 is 2.31 bits per heavy atom. The molecule has 0 radical (unpaired) electrons. The standard InChI is InChI=1S/C22H22FN5O/c1-16-4-2-3-5-19(16)24-21-11-10-20(25-26-21)22(29)28-14-12-27(13-15-28)18-8-6-17(23)7-9-18/h2-11H,12-15H2,1H3,(H,24,26). The third kappa shape index (κ3) is 4.34. The molecule has 1 fully saturated rings. The summed E-state index contributed by atoms with van der Waals surface area (Å²) >= 11 is 0. The molecule has 0 aliphatic carbocycles. The summed E-state index contributed by atoms with van der Waals surface area (Å²) in [6.07, 6.45) is 0. The van der Waals surface area contributed by atoms with Crippen LogP contribution in [0.25, 0.3) is 0 Å². The van der Waals surface area contributed by atoms with E-state index in [9.17, 15) is 9.18 Å². The first-order valence-electron chi connectivity index (χ1n) is 9.56. The topological polar surface area (TPSA) is 61.4 Å². The molecule has 4 rings (SSSR count). The molecule has 7 heteroatoms. The summed E-state index contributed by atoms with van der Waals surface area (Å²) in [5.41, 5.74) is 3.35. The van der Waals surface area contributed by atoms with E-state index in [1.54, 1.807) is 29.2 Å². The van der Waals surface area contributed by atoms with Gasteiger partial charge in [-0.25, -0.2) is 4.39 Å². The van der Waals surface area contributed by atoms with E-state index < -0.39 is 0 Å². The summed E-state index contributed by atoms with van der Waals surface area (Å²) in [7, 11) is 0. The number of para-hydroxylation sites is 1. The molecule has 6 nitrogen and oxygen atoms in total. The summed E-state index contributed by atoms with van der Waals surface area (Å²) < 4.78 is 13.1. The SMILES string of the molecule is Cc1ccccc1Nc1ccc(C(=O)N2CCN(c3ccc(F)cc3)CC2)nn1. The molecule has 1 N–H and O–H groups in total. The Kier molecular flexibility index (Phi) is 5.37. The van der Waals surface area contributed by atoms with Crippen LogP contribution in [0.1, 0.15) is 16.1 Å². The van der Waals surface area contributed by atoms with Crippen molar-refractivity contribution in [1.82, 2.24) is 15.1 Å². The number of carbonyl (C=O) groups excluding carboxylic acids is 1. The van der Waals surface area contributed by atoms with Crippen molar-refractivity contribution < 1.29 is 9.18 Å². The van der Waals surface area contributed by atoms with Gasteiger partial charge >= 0.3 is 0 Å². The Balaban J connectivity index is 1.36. The fraction of sp³-hybridized carbons (Fsp3) is 0.227. The Bertz CT molecular complexity index is 983. The number of benzene rings is 2. The van der Waals surface area contributed by atoms with Crippen LogP contribution in [0.15, 0.2) is 60.7 Å². The van der Waals surface area contributed by atoms with Gasteiger partial charge in [0.05, 0.1) is 0 Å². The molecule has 148 valence electrons. The molecule has 1 saturated heterocycles. The Morgan fingerprint density at radius 1 is 0.931 bits per heavy atom. The average molecular weight is 391 g/mol. The highest BCUT2D eigenvalue weighted by Crippen LogP contribution is 2.19. The van der Waals surface area contributed by atoms with E-state index in [2.05, 4.69) is 20.4 Å². The number of halogens is 1. The lowest BCUT2D eigenvalue weighted by molar-refractivity contribution is 0.0739. The number of nitrogens with one attached hydrogen (secondary N) is 1. The van der Waals surface area contributed by atoms with Crippen molar-refractivity contribution in [3.63, 3.8) is 0 Å². The molecule has 0 bridgehead atoms. The van der Waals surface area contributed by atoms with Gasteiger partial charge in [0.25, 0.3) is 5.91 Å². The number of hydrogen-bond donors (Lipinski definition) is 1. The van der Waals surface area contributed by atoms with Crippen molar-refractivity contribution >= 4 is 23.1 Å². The second-order valence-electron chi connectivity index (χ2n) is 7.00. The van der Waals surface area contributed by atoms with Gasteiger partial charge in [-0.15, -0.1) is 10.2 Å². The number of rotatable bonds is 4. The second kappa shape index (κ2) is 8.26. The van der Waals surface area contributed by atoms with Crippen LogP contribution >= 0.6 is 0 Å². The summed E-state index contributed by atoms with van der Waals surface area (Å²) in [4.78, 5) is 16.7. The molecular formula is C22H22FN5O. The quantitative estimate of drug-likeness (QED) is 0.736. The minimum Gasteiger partial charge on any atom is -0.368 e. The molecule has 2 aromatic carbocycles. The molecule has 0 saturated carbocycles. The van der Waals surface area contributed by atoms with Gasteiger partial charge in [0.1, 0.15) is 5.82 Å². The molecule has 29 heavy (non-hydrogen) atoms. The minimum atomic E-state index is -0.249. The third-order valence-corrected chi connectivity index (χ3v) is 5.05. The first-order chi connectivity index (χ1) is 14.1. The van der Waals surface area contributed by atoms with Gasteiger partial charge in [-0.1, -0.05) is 18.2 Å². The predicted molar refractivity (Wildman–Crippen MR) is 111 cm³/mol. The fourth-order valence-electron chi connectivity index (χ4n) is 3.35. The van der Waals surface area contributed by atoms with Crippen LogP contribution in [-0.2, 0) is 0 Å². The third-order valence-electron chi connectivity index (χ3n) is 5.05. The number of aryl methyl sites for hydroxylation is 1. The summed E-state index contributed by atoms with van der Waals surface area (Å²) in [5.74, 6) is 0.220. The summed E-state index contributed by atoms with van der Waals surface area (Å²) in [6.45, 7) is 4.57. The van der Waals surface area contributed by atoms with Gasteiger partial charge in [-0.3, -0.25) is 4.79 Å². The van der Waals surface area contributed by atoms with Crippen LogP contribution in [0.4, 0.5) is 21.6 Å². The van der Waals surface area contributed by atoms with E-state index in [-0.39, 0.29) is 11.7 Å². The zero-order chi connectivity index (χ0) is 20.2. The Hall–Kier alpha value is -3.48. The molecule has 1 amide bonds. The van der Waals surface area contributed by atoms with E-state index in [1.165, 1.54) is 12.1 Å². The van der Waals surface area contributed by atoms with E-state index in [1.807, 2.05) is 31.2 Å². The van der Waals surface area contributed by atoms with Gasteiger partial charge in [0.15, 0.2) is 11.5 Å². The van der Waals surface area contributed by atoms with Crippen molar-refractivity contribution in [2.75, 3.05) is 36.4 Å². The molecular weight excluding hydrogens is 369 g/mol. The molecule has 0 atom stereocenters. The highest BCUT2D eigenvalue weighted by Gasteiger charge is 2.23. The van der Waals surface area contributed by atoms with E-state index in [4.69, 9.17) is 0 Å². The van der Waals surface area contributed by atoms with Crippen LogP contribution in [0.2, 0.25) is 0 Å². The van der Waals surface area contributed by atoms with Crippen LogP contribution in [0, 0.1) is 12.7 Å². The summed E-state index contributed by atoms with van der Waals surface area (Å²) in [5, 5.41) is 11.5. The molecule has 2 heterocycles. The van der Waals surface area contributed by atoms with Crippen LogP contribution in [0.3, 0.4) is 0 Å². The maximum atomic E-state index is 13.1. The first-order valence-corrected chi connectivity index (χ1v) is 9.56. The van der Waals surface area contributed by atoms with Gasteiger partial charge in [0, 0.05) is 37.6 Å². The number of aromatic nitrogens is 2. The largest absolute Gasteiger partial charge is 0.368 e. The number of carbonyl (C=O) groups is 1. The van der Waals surface area contributed by atoms with E-state index >= 15 is 0 Å². The van der Waals surface area contributed by atoms with Gasteiger partial charge in [-0.05, 0) is 55.0 Å². The van der Waals surface area contributed by atoms with Crippen molar-refractivity contribution in [3.05, 3.63) is 77.7 Å². The van der Waals surface area contributed by atoms with Crippen molar-refractivity contribution in [2.24, 2.45) is 0 Å². The number of nitrogens with zero attached hydrogens (tertiary/aromatic N) is 4. The Morgan fingerprint density at radius 2 is 1.66 bits per heavy atom. The molecule has 1 aliphatic heterocycles. The number of anilines is 3. The lowest BCUT2D eigenvalue weighted by Gasteiger charge is -2.35. The summed E-state index contributed by atoms with van der Waals surface area (Å²) in [6, 6.07) is 17.8. The van der Waals surface area contributed by atoms with E-state index in [0.717, 1.165) is 16.9 Å². The van der Waals surface area contributed by atoms with Crippen LogP contribution in [-0.4, -0.2) is 47.2 Å². The smallest absolute Gasteiger partial charge is 0.274 e. The molecule has 0 unspecified atom stereocenters. The highest BCUT2D eigenvalue weighted by atomic mass is 19.1. The monoisotopic (exact) mass is 391 g/mol.